The molecule has 22 heavy (non-hydrogen) atoms. The molecule has 3 rings (SSSR count). The molecule has 0 fully saturated rings. The first kappa shape index (κ1) is 14.6. The molecule has 2 heterocycles. The summed E-state index contributed by atoms with van der Waals surface area (Å²) in [7, 11) is 0. The van der Waals surface area contributed by atoms with E-state index in [1.54, 1.807) is 21.7 Å². The van der Waals surface area contributed by atoms with Crippen molar-refractivity contribution in [1.82, 2.24) is 14.8 Å². The predicted molar refractivity (Wildman–Crippen MR) is 83.1 cm³/mol. The SMILES string of the molecule is CC(C)COc1cccc(C(=O)N2CCCn3ncnc32)c1. The number of amides is 1. The van der Waals surface area contributed by atoms with Gasteiger partial charge in [0.25, 0.3) is 5.91 Å². The summed E-state index contributed by atoms with van der Waals surface area (Å²) in [5.74, 6) is 1.71. The van der Waals surface area contributed by atoms with Gasteiger partial charge in [-0.15, -0.1) is 0 Å². The lowest BCUT2D eigenvalue weighted by Gasteiger charge is -2.26. The lowest BCUT2D eigenvalue weighted by molar-refractivity contribution is 0.0980. The number of hydrogen-bond donors (Lipinski definition) is 0. The van der Waals surface area contributed by atoms with E-state index >= 15 is 0 Å². The molecule has 1 aliphatic heterocycles. The number of benzene rings is 1. The Morgan fingerprint density at radius 3 is 3.05 bits per heavy atom. The molecule has 0 aliphatic carbocycles. The number of carbonyl (C=O) groups is 1. The van der Waals surface area contributed by atoms with Crippen molar-refractivity contribution in [3.63, 3.8) is 0 Å². The fourth-order valence-corrected chi connectivity index (χ4v) is 2.43. The molecule has 6 heteroatoms. The molecule has 0 unspecified atom stereocenters. The Hall–Kier alpha value is -2.37. The molecular weight excluding hydrogens is 280 g/mol. The molecular formula is C16H20N4O2. The largest absolute Gasteiger partial charge is 0.493 e. The van der Waals surface area contributed by atoms with E-state index in [4.69, 9.17) is 4.74 Å². The Labute approximate surface area is 129 Å². The third-order valence-electron chi connectivity index (χ3n) is 3.50. The van der Waals surface area contributed by atoms with Crippen LogP contribution in [0.3, 0.4) is 0 Å². The summed E-state index contributed by atoms with van der Waals surface area (Å²) in [6, 6.07) is 7.31. The standard InChI is InChI=1S/C16H20N4O2/c1-12(2)10-22-14-6-3-5-13(9-14)15(21)19-7-4-8-20-16(19)17-11-18-20/h3,5-6,9,11-12H,4,7-8,10H2,1-2H3. The normalized spacial score (nSPS) is 14.0. The van der Waals surface area contributed by atoms with Crippen LogP contribution < -0.4 is 9.64 Å². The van der Waals surface area contributed by atoms with E-state index in [1.807, 2.05) is 12.1 Å². The second kappa shape index (κ2) is 6.17. The summed E-state index contributed by atoms with van der Waals surface area (Å²) in [6.45, 7) is 6.28. The van der Waals surface area contributed by atoms with Crippen LogP contribution in [0.5, 0.6) is 5.75 Å². The van der Waals surface area contributed by atoms with E-state index in [2.05, 4.69) is 23.9 Å². The summed E-state index contributed by atoms with van der Waals surface area (Å²) in [4.78, 5) is 18.6. The third-order valence-corrected chi connectivity index (χ3v) is 3.50. The number of fused-ring (bicyclic) bond motifs is 1. The maximum absolute atomic E-state index is 12.7. The van der Waals surface area contributed by atoms with Crippen molar-refractivity contribution in [3.05, 3.63) is 36.2 Å². The van der Waals surface area contributed by atoms with Gasteiger partial charge in [0.1, 0.15) is 12.1 Å². The molecule has 0 saturated heterocycles. The lowest BCUT2D eigenvalue weighted by Crippen LogP contribution is -2.38. The molecule has 1 aromatic carbocycles. The van der Waals surface area contributed by atoms with E-state index in [0.29, 0.717) is 30.6 Å². The van der Waals surface area contributed by atoms with Crippen LogP contribution in [0.2, 0.25) is 0 Å². The maximum Gasteiger partial charge on any atom is 0.260 e. The molecule has 0 saturated carbocycles. The van der Waals surface area contributed by atoms with E-state index in [0.717, 1.165) is 18.7 Å². The van der Waals surface area contributed by atoms with Gasteiger partial charge in [-0.05, 0) is 30.5 Å². The summed E-state index contributed by atoms with van der Waals surface area (Å²) in [6.07, 6.45) is 2.37. The van der Waals surface area contributed by atoms with Crippen molar-refractivity contribution < 1.29 is 9.53 Å². The number of anilines is 1. The Balaban J connectivity index is 1.80. The molecule has 116 valence electrons. The molecule has 0 bridgehead atoms. The van der Waals surface area contributed by atoms with E-state index in [-0.39, 0.29) is 5.91 Å². The van der Waals surface area contributed by atoms with E-state index in [9.17, 15) is 4.79 Å². The summed E-state index contributed by atoms with van der Waals surface area (Å²) < 4.78 is 7.46. The van der Waals surface area contributed by atoms with Crippen LogP contribution >= 0.6 is 0 Å². The van der Waals surface area contributed by atoms with Gasteiger partial charge in [-0.1, -0.05) is 19.9 Å². The van der Waals surface area contributed by atoms with Crippen LogP contribution in [0.15, 0.2) is 30.6 Å². The van der Waals surface area contributed by atoms with E-state index in [1.165, 1.54) is 6.33 Å². The fourth-order valence-electron chi connectivity index (χ4n) is 2.43. The molecule has 2 aromatic rings. The van der Waals surface area contributed by atoms with Crippen molar-refractivity contribution in [3.8, 4) is 5.75 Å². The van der Waals surface area contributed by atoms with Crippen molar-refractivity contribution in [1.29, 1.82) is 0 Å². The van der Waals surface area contributed by atoms with Crippen molar-refractivity contribution in [2.24, 2.45) is 5.92 Å². The Kier molecular flexibility index (Phi) is 4.09. The number of rotatable bonds is 4. The average Bonchev–Trinajstić information content (AvgIpc) is 3.01. The van der Waals surface area contributed by atoms with Crippen LogP contribution in [0.4, 0.5) is 5.95 Å². The van der Waals surface area contributed by atoms with Crippen LogP contribution in [0.1, 0.15) is 30.6 Å². The highest BCUT2D eigenvalue weighted by atomic mass is 16.5. The quantitative estimate of drug-likeness (QED) is 0.869. The first-order chi connectivity index (χ1) is 10.6. The highest BCUT2D eigenvalue weighted by Gasteiger charge is 2.25. The number of aromatic nitrogens is 3. The monoisotopic (exact) mass is 300 g/mol. The Morgan fingerprint density at radius 2 is 2.23 bits per heavy atom. The first-order valence-electron chi connectivity index (χ1n) is 7.57. The van der Waals surface area contributed by atoms with Crippen LogP contribution in [-0.2, 0) is 6.54 Å². The zero-order chi connectivity index (χ0) is 15.5. The third kappa shape index (κ3) is 2.95. The van der Waals surface area contributed by atoms with Gasteiger partial charge in [-0.2, -0.15) is 10.1 Å². The topological polar surface area (TPSA) is 60.2 Å². The molecule has 1 aliphatic rings. The zero-order valence-electron chi connectivity index (χ0n) is 12.9. The zero-order valence-corrected chi connectivity index (χ0v) is 12.9. The summed E-state index contributed by atoms with van der Waals surface area (Å²) >= 11 is 0. The highest BCUT2D eigenvalue weighted by molar-refractivity contribution is 6.05. The molecule has 0 N–H and O–H groups in total. The van der Waals surface area contributed by atoms with E-state index < -0.39 is 0 Å². The fraction of sp³-hybridized carbons (Fsp3) is 0.438. The number of ether oxygens (including phenoxy) is 1. The smallest absolute Gasteiger partial charge is 0.260 e. The highest BCUT2D eigenvalue weighted by Crippen LogP contribution is 2.21. The van der Waals surface area contributed by atoms with Crippen LogP contribution in [0, 0.1) is 5.92 Å². The average molecular weight is 300 g/mol. The minimum atomic E-state index is -0.0658. The predicted octanol–water partition coefficient (Wildman–Crippen LogP) is 2.36. The summed E-state index contributed by atoms with van der Waals surface area (Å²) in [5.41, 5.74) is 0.609. The molecule has 0 spiro atoms. The minimum Gasteiger partial charge on any atom is -0.493 e. The molecule has 6 nitrogen and oxygen atoms in total. The van der Waals surface area contributed by atoms with Gasteiger partial charge in [0.05, 0.1) is 6.61 Å². The van der Waals surface area contributed by atoms with Crippen LogP contribution in [0.25, 0.3) is 0 Å². The van der Waals surface area contributed by atoms with Gasteiger partial charge < -0.3 is 4.74 Å². The first-order valence-corrected chi connectivity index (χ1v) is 7.57. The van der Waals surface area contributed by atoms with Gasteiger partial charge in [0.2, 0.25) is 5.95 Å². The van der Waals surface area contributed by atoms with Gasteiger partial charge in [0, 0.05) is 18.7 Å². The lowest BCUT2D eigenvalue weighted by atomic mass is 10.1. The van der Waals surface area contributed by atoms with Gasteiger partial charge in [-0.3, -0.25) is 9.69 Å². The number of nitrogens with zero attached hydrogens (tertiary/aromatic N) is 4. The second-order valence-corrected chi connectivity index (χ2v) is 5.83. The van der Waals surface area contributed by atoms with Gasteiger partial charge in [0.15, 0.2) is 0 Å². The van der Waals surface area contributed by atoms with Crippen molar-refractivity contribution >= 4 is 11.9 Å². The molecule has 1 aromatic heterocycles. The minimum absolute atomic E-state index is 0.0658. The summed E-state index contributed by atoms with van der Waals surface area (Å²) in [5, 5.41) is 4.14. The van der Waals surface area contributed by atoms with Crippen LogP contribution in [-0.4, -0.2) is 33.8 Å². The molecule has 1 amide bonds. The van der Waals surface area contributed by atoms with Gasteiger partial charge >= 0.3 is 0 Å². The van der Waals surface area contributed by atoms with Gasteiger partial charge in [-0.25, -0.2) is 4.68 Å². The second-order valence-electron chi connectivity index (χ2n) is 5.83. The van der Waals surface area contributed by atoms with Crippen molar-refractivity contribution in [2.75, 3.05) is 18.1 Å². The number of carbonyl (C=O) groups excluding carboxylic acids is 1. The number of hydrogen-bond acceptors (Lipinski definition) is 4. The number of aryl methyl sites for hydroxylation is 1. The molecule has 0 atom stereocenters. The molecule has 0 radical (unpaired) electrons. The Morgan fingerprint density at radius 1 is 1.36 bits per heavy atom. The maximum atomic E-state index is 12.7. The Bertz CT molecular complexity index is 666. The van der Waals surface area contributed by atoms with Crippen molar-refractivity contribution in [2.45, 2.75) is 26.8 Å².